The Balaban J connectivity index is 1.59. The Bertz CT molecular complexity index is 1140. The van der Waals surface area contributed by atoms with Crippen molar-refractivity contribution >= 4 is 40.5 Å². The number of anilines is 1. The zero-order chi connectivity index (χ0) is 21.7. The summed E-state index contributed by atoms with van der Waals surface area (Å²) < 4.78 is 2.31. The van der Waals surface area contributed by atoms with Crippen LogP contribution in [-0.4, -0.2) is 38.1 Å². The van der Waals surface area contributed by atoms with Gasteiger partial charge in [-0.2, -0.15) is 5.10 Å². The van der Waals surface area contributed by atoms with Crippen LogP contribution < -0.4 is 10.6 Å². The number of hydrogen-bond acceptors (Lipinski definition) is 6. The molecule has 3 aromatic rings. The quantitative estimate of drug-likeness (QED) is 0.365. The van der Waals surface area contributed by atoms with Gasteiger partial charge in [-0.05, 0) is 38.2 Å². The third-order valence-corrected chi connectivity index (χ3v) is 5.61. The monoisotopic (exact) mass is 442 g/mol. The number of amides is 2. The standard InChI is InChI=1S/C20H22N6O2S2/c1-4-10-26-17(24-25-20(26)29)16-13(3)22-19(30-16)23-15(27)8-9-21-18(28)14-7-5-6-12(2)11-14/h4-7,11H,1,8-10H2,2-3H3,(H,21,28)(H,25,29)(H,22,23,27). The van der Waals surface area contributed by atoms with E-state index >= 15 is 0 Å². The summed E-state index contributed by atoms with van der Waals surface area (Å²) in [6, 6.07) is 7.29. The molecule has 0 fully saturated rings. The second-order valence-electron chi connectivity index (χ2n) is 6.61. The molecule has 156 valence electrons. The lowest BCUT2D eigenvalue weighted by Gasteiger charge is -2.06. The zero-order valence-corrected chi connectivity index (χ0v) is 18.3. The second-order valence-corrected chi connectivity index (χ2v) is 7.99. The lowest BCUT2D eigenvalue weighted by atomic mass is 10.1. The molecular weight excluding hydrogens is 420 g/mol. The minimum Gasteiger partial charge on any atom is -0.352 e. The number of aryl methyl sites for hydroxylation is 2. The Morgan fingerprint density at radius 1 is 1.37 bits per heavy atom. The number of nitrogens with zero attached hydrogens (tertiary/aromatic N) is 3. The first kappa shape index (κ1) is 21.6. The molecular formula is C20H22N6O2S2. The molecule has 0 bridgehead atoms. The highest BCUT2D eigenvalue weighted by Crippen LogP contribution is 2.31. The van der Waals surface area contributed by atoms with Crippen LogP contribution in [-0.2, 0) is 11.3 Å². The Morgan fingerprint density at radius 3 is 2.90 bits per heavy atom. The van der Waals surface area contributed by atoms with Gasteiger partial charge >= 0.3 is 0 Å². The highest BCUT2D eigenvalue weighted by molar-refractivity contribution is 7.71. The molecule has 0 spiro atoms. The first-order valence-electron chi connectivity index (χ1n) is 9.27. The van der Waals surface area contributed by atoms with Gasteiger partial charge in [-0.25, -0.2) is 4.98 Å². The van der Waals surface area contributed by atoms with E-state index in [1.54, 1.807) is 18.2 Å². The average molecular weight is 443 g/mol. The molecule has 2 amide bonds. The number of benzene rings is 1. The first-order valence-corrected chi connectivity index (χ1v) is 10.5. The Hall–Kier alpha value is -3.11. The average Bonchev–Trinajstić information content (AvgIpc) is 3.24. The fourth-order valence-electron chi connectivity index (χ4n) is 2.81. The molecule has 2 heterocycles. The number of nitrogens with one attached hydrogen (secondary N) is 3. The van der Waals surface area contributed by atoms with Gasteiger partial charge in [-0.1, -0.05) is 35.1 Å². The van der Waals surface area contributed by atoms with E-state index in [2.05, 4.69) is 32.4 Å². The largest absolute Gasteiger partial charge is 0.352 e. The van der Waals surface area contributed by atoms with Crippen molar-refractivity contribution in [3.05, 3.63) is 58.5 Å². The van der Waals surface area contributed by atoms with Crippen LogP contribution in [0.1, 0.15) is 28.0 Å². The lowest BCUT2D eigenvalue weighted by Crippen LogP contribution is -2.27. The molecule has 10 heteroatoms. The minimum atomic E-state index is -0.232. The van der Waals surface area contributed by atoms with Crippen LogP contribution in [0.5, 0.6) is 0 Å². The van der Waals surface area contributed by atoms with Gasteiger partial charge in [-0.3, -0.25) is 19.3 Å². The van der Waals surface area contributed by atoms with Gasteiger partial charge in [0.05, 0.1) is 10.6 Å². The topological polar surface area (TPSA) is 105 Å². The molecule has 0 unspecified atom stereocenters. The van der Waals surface area contributed by atoms with E-state index in [9.17, 15) is 9.59 Å². The van der Waals surface area contributed by atoms with E-state index in [1.807, 2.05) is 30.5 Å². The molecule has 0 saturated heterocycles. The summed E-state index contributed by atoms with van der Waals surface area (Å²) in [5.41, 5.74) is 2.32. The predicted octanol–water partition coefficient (Wildman–Crippen LogP) is 3.63. The number of aromatic nitrogens is 4. The molecule has 3 rings (SSSR count). The van der Waals surface area contributed by atoms with Crippen molar-refractivity contribution in [2.45, 2.75) is 26.8 Å². The second kappa shape index (κ2) is 9.59. The zero-order valence-electron chi connectivity index (χ0n) is 16.7. The fraction of sp³-hybridized carbons (Fsp3) is 0.250. The van der Waals surface area contributed by atoms with Crippen LogP contribution in [0.3, 0.4) is 0 Å². The van der Waals surface area contributed by atoms with Crippen LogP contribution >= 0.6 is 23.6 Å². The molecule has 0 atom stereocenters. The number of H-pyrrole nitrogens is 1. The van der Waals surface area contributed by atoms with Crippen molar-refractivity contribution in [2.75, 3.05) is 11.9 Å². The number of rotatable bonds is 8. The lowest BCUT2D eigenvalue weighted by molar-refractivity contribution is -0.116. The Labute approximate surface area is 183 Å². The molecule has 3 N–H and O–H groups in total. The van der Waals surface area contributed by atoms with Gasteiger partial charge in [0.2, 0.25) is 5.91 Å². The predicted molar refractivity (Wildman–Crippen MR) is 120 cm³/mol. The maximum atomic E-state index is 12.3. The SMILES string of the molecule is C=CCn1c(-c2sc(NC(=O)CCNC(=O)c3cccc(C)c3)nc2C)n[nH]c1=S. The molecule has 1 aromatic carbocycles. The van der Waals surface area contributed by atoms with E-state index in [-0.39, 0.29) is 24.8 Å². The van der Waals surface area contributed by atoms with E-state index < -0.39 is 0 Å². The number of thiazole rings is 1. The Kier molecular flexibility index (Phi) is 6.91. The molecule has 2 aromatic heterocycles. The summed E-state index contributed by atoms with van der Waals surface area (Å²) in [4.78, 5) is 29.6. The molecule has 0 aliphatic heterocycles. The third kappa shape index (κ3) is 5.08. The van der Waals surface area contributed by atoms with E-state index in [4.69, 9.17) is 12.2 Å². The van der Waals surface area contributed by atoms with Crippen LogP contribution in [0.25, 0.3) is 10.7 Å². The minimum absolute atomic E-state index is 0.140. The summed E-state index contributed by atoms with van der Waals surface area (Å²) in [5.74, 6) is 0.217. The smallest absolute Gasteiger partial charge is 0.251 e. The summed E-state index contributed by atoms with van der Waals surface area (Å²) in [5, 5.41) is 13.0. The van der Waals surface area contributed by atoms with E-state index in [1.165, 1.54) is 11.3 Å². The van der Waals surface area contributed by atoms with Gasteiger partial charge in [0, 0.05) is 25.1 Å². The van der Waals surface area contributed by atoms with Crippen molar-refractivity contribution in [2.24, 2.45) is 0 Å². The number of aromatic amines is 1. The summed E-state index contributed by atoms with van der Waals surface area (Å²) >= 11 is 6.56. The summed E-state index contributed by atoms with van der Waals surface area (Å²) in [7, 11) is 0. The molecule has 8 nitrogen and oxygen atoms in total. The number of hydrogen-bond donors (Lipinski definition) is 3. The molecule has 0 aliphatic rings. The van der Waals surface area contributed by atoms with E-state index in [0.29, 0.717) is 27.8 Å². The van der Waals surface area contributed by atoms with Crippen molar-refractivity contribution in [1.29, 1.82) is 0 Å². The number of carbonyl (C=O) groups excluding carboxylic acids is 2. The summed E-state index contributed by atoms with van der Waals surface area (Å²) in [6.07, 6.45) is 1.87. The maximum Gasteiger partial charge on any atom is 0.251 e. The van der Waals surface area contributed by atoms with Crippen LogP contribution in [0, 0.1) is 18.6 Å². The van der Waals surface area contributed by atoms with Crippen molar-refractivity contribution in [1.82, 2.24) is 25.1 Å². The normalized spacial score (nSPS) is 10.6. The summed E-state index contributed by atoms with van der Waals surface area (Å²) in [6.45, 7) is 8.25. The molecule has 30 heavy (non-hydrogen) atoms. The third-order valence-electron chi connectivity index (χ3n) is 4.23. The molecule has 0 radical (unpaired) electrons. The van der Waals surface area contributed by atoms with Crippen molar-refractivity contribution in [3.63, 3.8) is 0 Å². The maximum absolute atomic E-state index is 12.3. The van der Waals surface area contributed by atoms with Gasteiger partial charge in [0.25, 0.3) is 5.91 Å². The number of allylic oxidation sites excluding steroid dienone is 1. The Morgan fingerprint density at radius 2 is 2.17 bits per heavy atom. The van der Waals surface area contributed by atoms with Crippen LogP contribution in [0.2, 0.25) is 0 Å². The van der Waals surface area contributed by atoms with Crippen LogP contribution in [0.15, 0.2) is 36.9 Å². The van der Waals surface area contributed by atoms with Gasteiger partial charge in [-0.15, -0.1) is 6.58 Å². The van der Waals surface area contributed by atoms with Gasteiger partial charge in [0.15, 0.2) is 15.7 Å². The van der Waals surface area contributed by atoms with Crippen molar-refractivity contribution in [3.8, 4) is 10.7 Å². The molecule has 0 aliphatic carbocycles. The van der Waals surface area contributed by atoms with E-state index in [0.717, 1.165) is 16.1 Å². The van der Waals surface area contributed by atoms with Gasteiger partial charge < -0.3 is 10.6 Å². The number of carbonyl (C=O) groups is 2. The van der Waals surface area contributed by atoms with Crippen molar-refractivity contribution < 1.29 is 9.59 Å². The fourth-order valence-corrected chi connectivity index (χ4v) is 3.99. The molecule has 0 saturated carbocycles. The first-order chi connectivity index (χ1) is 14.4. The van der Waals surface area contributed by atoms with Crippen LogP contribution in [0.4, 0.5) is 5.13 Å². The highest BCUT2D eigenvalue weighted by atomic mass is 32.1. The van der Waals surface area contributed by atoms with Gasteiger partial charge in [0.1, 0.15) is 0 Å². The highest BCUT2D eigenvalue weighted by Gasteiger charge is 2.17.